The van der Waals surface area contributed by atoms with Crippen LogP contribution < -0.4 is 0 Å². The van der Waals surface area contributed by atoms with Gasteiger partial charge in [-0.25, -0.2) is 9.97 Å². The van der Waals surface area contributed by atoms with Crippen molar-refractivity contribution in [2.24, 2.45) is 0 Å². The van der Waals surface area contributed by atoms with Gasteiger partial charge in [0.05, 0.1) is 27.8 Å². The molecule has 0 N–H and O–H groups in total. The molecule has 0 saturated carbocycles. The Kier molecular flexibility index (Phi) is 6.46. The smallest absolute Gasteiger partial charge is 0.162 e. The van der Waals surface area contributed by atoms with Crippen LogP contribution in [0.5, 0.6) is 0 Å². The van der Waals surface area contributed by atoms with E-state index in [2.05, 4.69) is 167 Å². The fourth-order valence-corrected chi connectivity index (χ4v) is 7.48. The highest BCUT2D eigenvalue weighted by Gasteiger charge is 2.22. The van der Waals surface area contributed by atoms with Gasteiger partial charge in [0.15, 0.2) is 5.82 Å². The predicted molar refractivity (Wildman–Crippen MR) is 207 cm³/mol. The van der Waals surface area contributed by atoms with Crippen LogP contribution in [0.2, 0.25) is 0 Å². The van der Waals surface area contributed by atoms with Gasteiger partial charge in [-0.1, -0.05) is 140 Å². The first kappa shape index (κ1) is 28.3. The van der Waals surface area contributed by atoms with Gasteiger partial charge in [-0.2, -0.15) is 0 Å². The van der Waals surface area contributed by atoms with Gasteiger partial charge in [-0.05, 0) is 47.5 Å². The maximum Gasteiger partial charge on any atom is 0.162 e. The molecule has 0 amide bonds. The average molecular weight is 639 g/mol. The van der Waals surface area contributed by atoms with Gasteiger partial charge in [0, 0.05) is 44.4 Å². The van der Waals surface area contributed by atoms with E-state index in [4.69, 9.17) is 9.97 Å². The van der Waals surface area contributed by atoms with Crippen molar-refractivity contribution in [2.75, 3.05) is 0 Å². The Morgan fingerprint density at radius 2 is 0.960 bits per heavy atom. The normalized spacial score (nSPS) is 11.6. The second kappa shape index (κ2) is 11.4. The lowest BCUT2D eigenvalue weighted by Gasteiger charge is -2.13. The zero-order valence-corrected chi connectivity index (χ0v) is 27.1. The maximum absolute atomic E-state index is 5.35. The zero-order chi connectivity index (χ0) is 33.0. The van der Waals surface area contributed by atoms with Crippen LogP contribution in [0.4, 0.5) is 0 Å². The second-order valence-corrected chi connectivity index (χ2v) is 12.6. The molecule has 10 aromatic rings. The molecule has 50 heavy (non-hydrogen) atoms. The third-order valence-corrected chi connectivity index (χ3v) is 9.73. The van der Waals surface area contributed by atoms with E-state index < -0.39 is 0 Å². The van der Waals surface area contributed by atoms with Crippen LogP contribution in [-0.2, 0) is 0 Å². The van der Waals surface area contributed by atoms with Crippen LogP contribution in [0.3, 0.4) is 0 Å². The van der Waals surface area contributed by atoms with E-state index in [-0.39, 0.29) is 0 Å². The fraction of sp³-hybridized carbons (Fsp3) is 0. The molecule has 0 aliphatic carbocycles. The summed E-state index contributed by atoms with van der Waals surface area (Å²) in [4.78, 5) is 10.5. The summed E-state index contributed by atoms with van der Waals surface area (Å²) in [5.41, 5.74) is 11.0. The van der Waals surface area contributed by atoms with Gasteiger partial charge in [-0.15, -0.1) is 0 Å². The lowest BCUT2D eigenvalue weighted by atomic mass is 10.0. The van der Waals surface area contributed by atoms with Crippen LogP contribution in [0.15, 0.2) is 182 Å². The summed E-state index contributed by atoms with van der Waals surface area (Å²) in [6.45, 7) is 0. The summed E-state index contributed by atoms with van der Waals surface area (Å²) < 4.78 is 4.75. The standard InChI is InChI=1S/C46H30N4/c1-5-15-31(16-6-1)34-25-27-41-38(29-34)36-26-28-42-44(37-23-13-14-24-40(37)49(42)35-21-11-4-12-22-35)45(36)50(41)43-30-39(32-17-7-2-8-18-32)47-46(48-43)33-19-9-3-10-20-33/h1-30H. The Labute approximate surface area is 289 Å². The molecule has 10 rings (SSSR count). The largest absolute Gasteiger partial charge is 0.309 e. The lowest BCUT2D eigenvalue weighted by molar-refractivity contribution is 1.05. The van der Waals surface area contributed by atoms with E-state index in [9.17, 15) is 0 Å². The van der Waals surface area contributed by atoms with Gasteiger partial charge < -0.3 is 4.57 Å². The molecule has 0 aliphatic heterocycles. The second-order valence-electron chi connectivity index (χ2n) is 12.6. The number of aromatic nitrogens is 4. The Hall–Kier alpha value is -6.78. The first-order valence-electron chi connectivity index (χ1n) is 16.9. The summed E-state index contributed by atoms with van der Waals surface area (Å²) in [6.07, 6.45) is 0. The molecule has 0 atom stereocenters. The molecule has 0 aliphatic rings. The molecule has 0 spiro atoms. The number of rotatable bonds is 5. The van der Waals surface area contributed by atoms with Crippen LogP contribution in [0.25, 0.3) is 88.9 Å². The van der Waals surface area contributed by atoms with Gasteiger partial charge in [0.2, 0.25) is 0 Å². The Morgan fingerprint density at radius 1 is 0.360 bits per heavy atom. The van der Waals surface area contributed by atoms with Crippen LogP contribution in [-0.4, -0.2) is 19.1 Å². The molecule has 3 heterocycles. The summed E-state index contributed by atoms with van der Waals surface area (Å²) >= 11 is 0. The van der Waals surface area contributed by atoms with Crippen molar-refractivity contribution < 1.29 is 0 Å². The van der Waals surface area contributed by atoms with E-state index >= 15 is 0 Å². The van der Waals surface area contributed by atoms with Crippen LogP contribution in [0, 0.1) is 0 Å². The van der Waals surface area contributed by atoms with Crippen LogP contribution in [0.1, 0.15) is 0 Å². The summed E-state index contributed by atoms with van der Waals surface area (Å²) in [5.74, 6) is 1.52. The predicted octanol–water partition coefficient (Wildman–Crippen LogP) is 11.7. The first-order valence-corrected chi connectivity index (χ1v) is 16.9. The van der Waals surface area contributed by atoms with Crippen molar-refractivity contribution in [3.63, 3.8) is 0 Å². The molecule has 0 saturated heterocycles. The first-order chi connectivity index (χ1) is 24.8. The number of hydrogen-bond donors (Lipinski definition) is 0. The van der Waals surface area contributed by atoms with E-state index in [1.807, 2.05) is 24.3 Å². The highest BCUT2D eigenvalue weighted by Crippen LogP contribution is 2.43. The van der Waals surface area contributed by atoms with Gasteiger partial charge in [0.25, 0.3) is 0 Å². The average Bonchev–Trinajstić information content (AvgIpc) is 3.71. The van der Waals surface area contributed by atoms with Crippen molar-refractivity contribution in [3.05, 3.63) is 182 Å². The van der Waals surface area contributed by atoms with Crippen molar-refractivity contribution in [1.29, 1.82) is 0 Å². The van der Waals surface area contributed by atoms with E-state index in [0.29, 0.717) is 5.82 Å². The minimum atomic E-state index is 0.691. The van der Waals surface area contributed by atoms with E-state index in [1.165, 1.54) is 38.2 Å². The number of para-hydroxylation sites is 2. The maximum atomic E-state index is 5.35. The molecule has 7 aromatic carbocycles. The zero-order valence-electron chi connectivity index (χ0n) is 27.1. The monoisotopic (exact) mass is 638 g/mol. The molecule has 4 heteroatoms. The number of nitrogens with zero attached hydrogens (tertiary/aromatic N) is 4. The molecule has 0 bridgehead atoms. The summed E-state index contributed by atoms with van der Waals surface area (Å²) in [5, 5.41) is 4.76. The Balaban J connectivity index is 1.37. The fourth-order valence-electron chi connectivity index (χ4n) is 7.48. The highest BCUT2D eigenvalue weighted by atomic mass is 15.1. The molecule has 0 unspecified atom stereocenters. The van der Waals surface area contributed by atoms with Crippen molar-refractivity contribution in [1.82, 2.24) is 19.1 Å². The number of hydrogen-bond acceptors (Lipinski definition) is 2. The van der Waals surface area contributed by atoms with E-state index in [0.717, 1.165) is 44.9 Å². The van der Waals surface area contributed by atoms with Gasteiger partial charge in [0.1, 0.15) is 5.82 Å². The van der Waals surface area contributed by atoms with Gasteiger partial charge in [-0.3, -0.25) is 4.57 Å². The quantitative estimate of drug-likeness (QED) is 0.188. The minimum absolute atomic E-state index is 0.691. The number of fused-ring (bicyclic) bond motifs is 7. The van der Waals surface area contributed by atoms with E-state index in [1.54, 1.807) is 0 Å². The third-order valence-electron chi connectivity index (χ3n) is 9.73. The highest BCUT2D eigenvalue weighted by molar-refractivity contribution is 6.26. The van der Waals surface area contributed by atoms with Crippen LogP contribution >= 0.6 is 0 Å². The Morgan fingerprint density at radius 3 is 1.70 bits per heavy atom. The molecule has 0 fully saturated rings. The molecule has 0 radical (unpaired) electrons. The molecule has 3 aromatic heterocycles. The van der Waals surface area contributed by atoms with Crippen molar-refractivity contribution >= 4 is 43.6 Å². The summed E-state index contributed by atoms with van der Waals surface area (Å²) in [6, 6.07) is 64.2. The molecular formula is C46H30N4. The number of benzene rings is 7. The van der Waals surface area contributed by atoms with Gasteiger partial charge >= 0.3 is 0 Å². The lowest BCUT2D eigenvalue weighted by Crippen LogP contribution is -2.03. The molecule has 4 nitrogen and oxygen atoms in total. The SMILES string of the molecule is c1ccc(-c2ccc3c(c2)c2ccc4c(c5ccccc5n4-c4ccccc4)c2n3-c2cc(-c3ccccc3)nc(-c3ccccc3)n2)cc1. The van der Waals surface area contributed by atoms with Crippen molar-refractivity contribution in [2.45, 2.75) is 0 Å². The Bertz CT molecular complexity index is 2780. The molecule has 234 valence electrons. The topological polar surface area (TPSA) is 35.6 Å². The van der Waals surface area contributed by atoms with Crippen molar-refractivity contribution in [3.8, 4) is 45.3 Å². The molecular weight excluding hydrogens is 609 g/mol. The summed E-state index contributed by atoms with van der Waals surface area (Å²) in [7, 11) is 0. The minimum Gasteiger partial charge on any atom is -0.309 e. The third kappa shape index (κ3) is 4.46.